The number of aliphatic hydroxyl groups excluding tert-OH is 14. The Balaban J connectivity index is 1.41. The standard InChI is InChI=1S/C24H42O21/c25-1-5-9(29)11(31)15(35)21(39-5)43-19-7(3-27)41-23(17(37)13(19)33)45-24-18(38)14(34)20(8(4-28)42-24)44-22-16(36)12(32)10(30)6(2-26)40-22/h5-38H,1-4H2/t5-,6-,7-,8-,9+,10+,11+,12+,13-,14-,15-,16-,17-,18-,19-,20-,21+,22+,23-,24-/m1/s1. The molecule has 20 atom stereocenters. The lowest BCUT2D eigenvalue weighted by Crippen LogP contribution is -2.67. The highest BCUT2D eigenvalue weighted by molar-refractivity contribution is 4.97. The molecule has 4 aliphatic rings. The molecule has 0 saturated carbocycles. The van der Waals surface area contributed by atoms with Crippen molar-refractivity contribution in [3.05, 3.63) is 0 Å². The van der Waals surface area contributed by atoms with E-state index in [1.807, 2.05) is 0 Å². The highest BCUT2D eigenvalue weighted by atomic mass is 16.8. The van der Waals surface area contributed by atoms with Gasteiger partial charge in [-0.05, 0) is 0 Å². The SMILES string of the molecule is OC[C@H]1O[C@@H](O[C@H]2[C@H](O)[C@@H](O)[C@@H](O[C@H]3O[C@H](CO)[C@@H](O[C@@H]4O[C@H](CO)[C@H](O)[C@H](O)[C@H]4O)[C@H](O)[C@H]3O)O[C@@H]2CO)[C@H](O)[C@@H](O)[C@H]1O. The smallest absolute Gasteiger partial charge is 0.189 e. The van der Waals surface area contributed by atoms with Crippen molar-refractivity contribution in [3.8, 4) is 0 Å². The van der Waals surface area contributed by atoms with Crippen molar-refractivity contribution in [2.75, 3.05) is 26.4 Å². The van der Waals surface area contributed by atoms with Crippen LogP contribution in [0, 0.1) is 0 Å². The van der Waals surface area contributed by atoms with E-state index in [4.69, 9.17) is 33.2 Å². The van der Waals surface area contributed by atoms with Crippen LogP contribution in [0.25, 0.3) is 0 Å². The summed E-state index contributed by atoms with van der Waals surface area (Å²) in [6, 6.07) is 0. The number of hydrogen-bond acceptors (Lipinski definition) is 21. The summed E-state index contributed by atoms with van der Waals surface area (Å²) in [5.41, 5.74) is 0. The van der Waals surface area contributed by atoms with Gasteiger partial charge in [0.15, 0.2) is 25.2 Å². The zero-order valence-corrected chi connectivity index (χ0v) is 23.5. The van der Waals surface area contributed by atoms with Gasteiger partial charge in [-0.15, -0.1) is 0 Å². The maximum atomic E-state index is 10.8. The lowest BCUT2D eigenvalue weighted by molar-refractivity contribution is -0.400. The van der Waals surface area contributed by atoms with Gasteiger partial charge in [0.05, 0.1) is 26.4 Å². The molecular formula is C24H42O21. The first-order valence-corrected chi connectivity index (χ1v) is 14.1. The third-order valence-electron chi connectivity index (χ3n) is 8.19. The number of rotatable bonds is 10. The van der Waals surface area contributed by atoms with Gasteiger partial charge in [-0.25, -0.2) is 0 Å². The molecule has 4 fully saturated rings. The fourth-order valence-corrected chi connectivity index (χ4v) is 5.47. The molecule has 4 saturated heterocycles. The molecule has 0 spiro atoms. The first-order valence-electron chi connectivity index (χ1n) is 14.1. The first kappa shape index (κ1) is 37.0. The van der Waals surface area contributed by atoms with Crippen molar-refractivity contribution < 1.29 is 105 Å². The molecule has 264 valence electrons. The highest BCUT2D eigenvalue weighted by Gasteiger charge is 2.54. The van der Waals surface area contributed by atoms with E-state index in [-0.39, 0.29) is 0 Å². The topological polar surface area (TPSA) is 348 Å². The molecule has 0 aromatic carbocycles. The van der Waals surface area contributed by atoms with Crippen molar-refractivity contribution in [2.45, 2.75) is 123 Å². The lowest BCUT2D eigenvalue weighted by Gasteiger charge is -2.48. The van der Waals surface area contributed by atoms with E-state index >= 15 is 0 Å². The van der Waals surface area contributed by atoms with E-state index in [1.54, 1.807) is 0 Å². The molecule has 4 heterocycles. The normalized spacial score (nSPS) is 52.9. The Labute approximate surface area is 254 Å². The van der Waals surface area contributed by atoms with Crippen LogP contribution >= 0.6 is 0 Å². The van der Waals surface area contributed by atoms with Crippen LogP contribution in [0.4, 0.5) is 0 Å². The Hall–Kier alpha value is -0.840. The second kappa shape index (κ2) is 15.6. The van der Waals surface area contributed by atoms with Crippen LogP contribution < -0.4 is 0 Å². The van der Waals surface area contributed by atoms with Crippen LogP contribution in [-0.4, -0.2) is 221 Å². The van der Waals surface area contributed by atoms with Gasteiger partial charge in [0, 0.05) is 0 Å². The molecule has 0 radical (unpaired) electrons. The van der Waals surface area contributed by atoms with E-state index in [1.165, 1.54) is 0 Å². The predicted molar refractivity (Wildman–Crippen MR) is 134 cm³/mol. The van der Waals surface area contributed by atoms with Crippen LogP contribution in [0.3, 0.4) is 0 Å². The van der Waals surface area contributed by atoms with Gasteiger partial charge in [0.1, 0.15) is 97.7 Å². The molecule has 0 aromatic heterocycles. The minimum absolute atomic E-state index is 0.782. The Bertz CT molecular complexity index is 840. The van der Waals surface area contributed by atoms with E-state index in [0.29, 0.717) is 0 Å². The summed E-state index contributed by atoms with van der Waals surface area (Å²) in [5, 5.41) is 142. The molecule has 0 bridgehead atoms. The third-order valence-corrected chi connectivity index (χ3v) is 8.19. The van der Waals surface area contributed by atoms with Crippen LogP contribution in [0.5, 0.6) is 0 Å². The summed E-state index contributed by atoms with van der Waals surface area (Å²) in [5.74, 6) is 0. The molecule has 0 aromatic rings. The zero-order valence-electron chi connectivity index (χ0n) is 23.5. The molecule has 4 aliphatic heterocycles. The molecule has 45 heavy (non-hydrogen) atoms. The summed E-state index contributed by atoms with van der Waals surface area (Å²) >= 11 is 0. The first-order chi connectivity index (χ1) is 21.3. The number of hydrogen-bond donors (Lipinski definition) is 14. The molecule has 0 amide bonds. The van der Waals surface area contributed by atoms with Crippen LogP contribution in [0.2, 0.25) is 0 Å². The van der Waals surface area contributed by atoms with E-state index in [2.05, 4.69) is 0 Å². The number of ether oxygens (including phenoxy) is 7. The predicted octanol–water partition coefficient (Wildman–Crippen LogP) is -9.75. The maximum absolute atomic E-state index is 10.8. The van der Waals surface area contributed by atoms with Gasteiger partial charge < -0.3 is 105 Å². The van der Waals surface area contributed by atoms with E-state index in [9.17, 15) is 71.5 Å². The molecule has 21 nitrogen and oxygen atoms in total. The third kappa shape index (κ3) is 7.44. The molecule has 21 heteroatoms. The lowest BCUT2D eigenvalue weighted by atomic mass is 9.96. The average molecular weight is 667 g/mol. The zero-order chi connectivity index (χ0) is 33.3. The van der Waals surface area contributed by atoms with Crippen molar-refractivity contribution >= 4 is 0 Å². The van der Waals surface area contributed by atoms with E-state index in [0.717, 1.165) is 0 Å². The second-order valence-corrected chi connectivity index (χ2v) is 11.1. The van der Waals surface area contributed by atoms with Gasteiger partial charge >= 0.3 is 0 Å². The molecule has 4 rings (SSSR count). The summed E-state index contributed by atoms with van der Waals surface area (Å²) in [7, 11) is 0. The summed E-state index contributed by atoms with van der Waals surface area (Å²) in [6.45, 7) is -3.35. The van der Waals surface area contributed by atoms with Gasteiger partial charge in [0.2, 0.25) is 0 Å². The minimum Gasteiger partial charge on any atom is -0.394 e. The average Bonchev–Trinajstić information content (AvgIpc) is 3.03. The Morgan fingerprint density at radius 1 is 0.311 bits per heavy atom. The maximum Gasteiger partial charge on any atom is 0.189 e. The fourth-order valence-electron chi connectivity index (χ4n) is 5.47. The van der Waals surface area contributed by atoms with Crippen molar-refractivity contribution in [2.24, 2.45) is 0 Å². The van der Waals surface area contributed by atoms with Crippen molar-refractivity contribution in [3.63, 3.8) is 0 Å². The summed E-state index contributed by atoms with van der Waals surface area (Å²) in [4.78, 5) is 0. The molecule has 0 unspecified atom stereocenters. The number of aliphatic hydroxyl groups is 14. The van der Waals surface area contributed by atoms with Crippen LogP contribution in [0.15, 0.2) is 0 Å². The Kier molecular flexibility index (Phi) is 12.8. The van der Waals surface area contributed by atoms with Gasteiger partial charge in [-0.2, -0.15) is 0 Å². The van der Waals surface area contributed by atoms with Crippen molar-refractivity contribution in [1.82, 2.24) is 0 Å². The summed E-state index contributed by atoms with van der Waals surface area (Å²) < 4.78 is 37.8. The fraction of sp³-hybridized carbons (Fsp3) is 1.00. The largest absolute Gasteiger partial charge is 0.394 e. The minimum atomic E-state index is -2.02. The van der Waals surface area contributed by atoms with E-state index < -0.39 is 149 Å². The summed E-state index contributed by atoms with van der Waals surface area (Å²) in [6.07, 6.45) is -35.3. The Morgan fingerprint density at radius 2 is 0.578 bits per heavy atom. The monoisotopic (exact) mass is 666 g/mol. The highest BCUT2D eigenvalue weighted by Crippen LogP contribution is 2.33. The molecule has 14 N–H and O–H groups in total. The molecular weight excluding hydrogens is 624 g/mol. The van der Waals surface area contributed by atoms with Crippen LogP contribution in [0.1, 0.15) is 0 Å². The second-order valence-electron chi connectivity index (χ2n) is 11.1. The van der Waals surface area contributed by atoms with Gasteiger partial charge in [-0.1, -0.05) is 0 Å². The Morgan fingerprint density at radius 3 is 0.889 bits per heavy atom. The quantitative estimate of drug-likeness (QED) is 0.103. The van der Waals surface area contributed by atoms with Gasteiger partial charge in [0.25, 0.3) is 0 Å². The van der Waals surface area contributed by atoms with Gasteiger partial charge in [-0.3, -0.25) is 0 Å². The molecule has 0 aliphatic carbocycles. The van der Waals surface area contributed by atoms with Crippen LogP contribution in [-0.2, 0) is 33.2 Å². The van der Waals surface area contributed by atoms with Crippen molar-refractivity contribution in [1.29, 1.82) is 0 Å².